The monoisotopic (exact) mass is 256 g/mol. The second-order valence-electron chi connectivity index (χ2n) is 3.64. The Labute approximate surface area is 112 Å². The topological polar surface area (TPSA) is 62.0 Å². The van der Waals surface area contributed by atoms with Crippen LogP contribution in [-0.4, -0.2) is 11.1 Å². The molecule has 98 valence electrons. The normalized spacial score (nSPS) is 12.8. The van der Waals surface area contributed by atoms with Crippen LogP contribution < -0.4 is 0 Å². The van der Waals surface area contributed by atoms with E-state index in [2.05, 4.69) is 10.2 Å². The summed E-state index contributed by atoms with van der Waals surface area (Å²) in [6.45, 7) is 3.78. The number of allylic oxidation sites excluding steroid dienone is 5. The SMILES string of the molecule is C/C=C/C=C(\C=C\C)/N=N/c1ccccc1C(=O)O. The molecule has 0 unspecified atom stereocenters. The highest BCUT2D eigenvalue weighted by Crippen LogP contribution is 2.20. The molecular formula is C15H16N2O2. The van der Waals surface area contributed by atoms with Crippen LogP contribution in [0.15, 0.2) is 70.6 Å². The van der Waals surface area contributed by atoms with Gasteiger partial charge in [0.2, 0.25) is 0 Å². The van der Waals surface area contributed by atoms with Crippen molar-refractivity contribution >= 4 is 11.7 Å². The van der Waals surface area contributed by atoms with E-state index in [1.807, 2.05) is 32.1 Å². The van der Waals surface area contributed by atoms with Crippen LogP contribution in [0.3, 0.4) is 0 Å². The van der Waals surface area contributed by atoms with Crippen LogP contribution in [0.1, 0.15) is 24.2 Å². The van der Waals surface area contributed by atoms with Crippen molar-refractivity contribution in [3.63, 3.8) is 0 Å². The Kier molecular flexibility index (Phi) is 5.95. The van der Waals surface area contributed by atoms with Crippen molar-refractivity contribution in [1.82, 2.24) is 0 Å². The Bertz CT molecular complexity index is 555. The minimum Gasteiger partial charge on any atom is -0.478 e. The molecule has 0 bridgehead atoms. The zero-order chi connectivity index (χ0) is 14.1. The lowest BCUT2D eigenvalue weighted by molar-refractivity contribution is 0.0698. The number of hydrogen-bond acceptors (Lipinski definition) is 3. The third-order valence-electron chi connectivity index (χ3n) is 2.20. The van der Waals surface area contributed by atoms with Crippen molar-refractivity contribution in [1.29, 1.82) is 0 Å². The van der Waals surface area contributed by atoms with E-state index in [4.69, 9.17) is 5.11 Å². The third-order valence-corrected chi connectivity index (χ3v) is 2.20. The van der Waals surface area contributed by atoms with Crippen molar-refractivity contribution in [3.05, 3.63) is 65.9 Å². The number of carboxylic acids is 1. The molecule has 1 rings (SSSR count). The Morgan fingerprint density at radius 2 is 1.95 bits per heavy atom. The molecule has 0 heterocycles. The molecule has 0 saturated heterocycles. The number of benzene rings is 1. The van der Waals surface area contributed by atoms with E-state index in [0.717, 1.165) is 0 Å². The third kappa shape index (κ3) is 4.71. The number of carboxylic acid groups (broad SMARTS) is 1. The molecule has 0 atom stereocenters. The minimum absolute atomic E-state index is 0.136. The number of rotatable bonds is 5. The first-order valence-corrected chi connectivity index (χ1v) is 5.88. The maximum Gasteiger partial charge on any atom is 0.337 e. The summed E-state index contributed by atoms with van der Waals surface area (Å²) in [4.78, 5) is 11.0. The number of hydrogen-bond donors (Lipinski definition) is 1. The van der Waals surface area contributed by atoms with Gasteiger partial charge in [0, 0.05) is 0 Å². The number of aromatic carboxylic acids is 1. The van der Waals surface area contributed by atoms with E-state index in [1.54, 1.807) is 30.4 Å². The fraction of sp³-hybridized carbons (Fsp3) is 0.133. The maximum atomic E-state index is 11.0. The maximum absolute atomic E-state index is 11.0. The van der Waals surface area contributed by atoms with Crippen LogP contribution in [0.2, 0.25) is 0 Å². The van der Waals surface area contributed by atoms with Crippen LogP contribution >= 0.6 is 0 Å². The van der Waals surface area contributed by atoms with E-state index in [0.29, 0.717) is 11.4 Å². The molecule has 0 spiro atoms. The first kappa shape index (κ1) is 14.6. The predicted octanol–water partition coefficient (Wildman–Crippen LogP) is 4.50. The molecule has 0 fully saturated rings. The van der Waals surface area contributed by atoms with Crippen molar-refractivity contribution in [2.45, 2.75) is 13.8 Å². The van der Waals surface area contributed by atoms with Crippen molar-refractivity contribution in [2.75, 3.05) is 0 Å². The van der Waals surface area contributed by atoms with Gasteiger partial charge in [-0.1, -0.05) is 30.4 Å². The Balaban J connectivity index is 3.06. The summed E-state index contributed by atoms with van der Waals surface area (Å²) >= 11 is 0. The number of azo groups is 1. The molecule has 0 saturated carbocycles. The predicted molar refractivity (Wildman–Crippen MR) is 75.6 cm³/mol. The van der Waals surface area contributed by atoms with Gasteiger partial charge in [0.05, 0.1) is 11.3 Å². The highest BCUT2D eigenvalue weighted by atomic mass is 16.4. The Hall–Kier alpha value is -2.49. The molecular weight excluding hydrogens is 240 g/mol. The highest BCUT2D eigenvalue weighted by Gasteiger charge is 2.07. The largest absolute Gasteiger partial charge is 0.478 e. The highest BCUT2D eigenvalue weighted by molar-refractivity contribution is 5.93. The summed E-state index contributed by atoms with van der Waals surface area (Å²) in [6.07, 6.45) is 9.17. The van der Waals surface area contributed by atoms with Gasteiger partial charge in [-0.05, 0) is 38.1 Å². The molecule has 0 aliphatic carbocycles. The van der Waals surface area contributed by atoms with Gasteiger partial charge in [-0.15, -0.1) is 5.11 Å². The molecule has 0 aromatic heterocycles. The second-order valence-corrected chi connectivity index (χ2v) is 3.64. The summed E-state index contributed by atoms with van der Waals surface area (Å²) in [5.41, 5.74) is 1.13. The minimum atomic E-state index is -1.01. The van der Waals surface area contributed by atoms with Gasteiger partial charge in [0.1, 0.15) is 5.69 Å². The Morgan fingerprint density at radius 1 is 1.21 bits per heavy atom. The summed E-state index contributed by atoms with van der Waals surface area (Å²) in [5.74, 6) is -1.01. The average Bonchev–Trinajstić information content (AvgIpc) is 2.42. The second kappa shape index (κ2) is 7.76. The zero-order valence-corrected chi connectivity index (χ0v) is 10.9. The van der Waals surface area contributed by atoms with E-state index in [9.17, 15) is 4.79 Å². The molecule has 0 amide bonds. The van der Waals surface area contributed by atoms with Gasteiger partial charge in [-0.3, -0.25) is 0 Å². The van der Waals surface area contributed by atoms with Gasteiger partial charge < -0.3 is 5.11 Å². The molecule has 4 nitrogen and oxygen atoms in total. The summed E-state index contributed by atoms with van der Waals surface area (Å²) in [6, 6.07) is 6.51. The standard InChI is InChI=1S/C15H16N2O2/c1-3-5-9-12(8-4-2)16-17-14-11-7-6-10-13(14)15(18)19/h3-11H,1-2H3,(H,18,19)/b5-3+,8-4+,12-9+,17-16+. The van der Waals surface area contributed by atoms with Gasteiger partial charge >= 0.3 is 5.97 Å². The van der Waals surface area contributed by atoms with Crippen molar-refractivity contribution in [2.24, 2.45) is 10.2 Å². The molecule has 1 aromatic rings. The molecule has 4 heteroatoms. The van der Waals surface area contributed by atoms with Gasteiger partial charge in [0.25, 0.3) is 0 Å². The smallest absolute Gasteiger partial charge is 0.337 e. The first-order chi connectivity index (χ1) is 9.19. The van der Waals surface area contributed by atoms with Crippen LogP contribution in [0.5, 0.6) is 0 Å². The van der Waals surface area contributed by atoms with Crippen LogP contribution in [-0.2, 0) is 0 Å². The van der Waals surface area contributed by atoms with E-state index >= 15 is 0 Å². The molecule has 1 aromatic carbocycles. The van der Waals surface area contributed by atoms with Gasteiger partial charge in [0.15, 0.2) is 0 Å². The van der Waals surface area contributed by atoms with Crippen LogP contribution in [0, 0.1) is 0 Å². The molecule has 19 heavy (non-hydrogen) atoms. The number of nitrogens with zero attached hydrogens (tertiary/aromatic N) is 2. The van der Waals surface area contributed by atoms with E-state index < -0.39 is 5.97 Å². The fourth-order valence-electron chi connectivity index (χ4n) is 1.34. The molecule has 1 N–H and O–H groups in total. The molecule has 0 radical (unpaired) electrons. The van der Waals surface area contributed by atoms with E-state index in [1.165, 1.54) is 6.07 Å². The van der Waals surface area contributed by atoms with Crippen molar-refractivity contribution < 1.29 is 9.90 Å². The summed E-state index contributed by atoms with van der Waals surface area (Å²) < 4.78 is 0. The quantitative estimate of drug-likeness (QED) is 0.622. The van der Waals surface area contributed by atoms with Gasteiger partial charge in [-0.2, -0.15) is 5.11 Å². The zero-order valence-electron chi connectivity index (χ0n) is 10.9. The molecule has 0 aliphatic heterocycles. The van der Waals surface area contributed by atoms with E-state index in [-0.39, 0.29) is 5.56 Å². The lowest BCUT2D eigenvalue weighted by Gasteiger charge is -1.98. The summed E-state index contributed by atoms with van der Waals surface area (Å²) in [5, 5.41) is 17.1. The van der Waals surface area contributed by atoms with Crippen molar-refractivity contribution in [3.8, 4) is 0 Å². The average molecular weight is 256 g/mol. The lowest BCUT2D eigenvalue weighted by atomic mass is 10.2. The number of carbonyl (C=O) groups is 1. The molecule has 0 aliphatic rings. The first-order valence-electron chi connectivity index (χ1n) is 5.88. The van der Waals surface area contributed by atoms with Crippen LogP contribution in [0.4, 0.5) is 5.69 Å². The Morgan fingerprint density at radius 3 is 2.58 bits per heavy atom. The summed E-state index contributed by atoms with van der Waals surface area (Å²) in [7, 11) is 0. The lowest BCUT2D eigenvalue weighted by Crippen LogP contribution is -1.95. The van der Waals surface area contributed by atoms with Gasteiger partial charge in [-0.25, -0.2) is 4.79 Å². The fourth-order valence-corrected chi connectivity index (χ4v) is 1.34. The van der Waals surface area contributed by atoms with Crippen LogP contribution in [0.25, 0.3) is 0 Å².